The molecule has 8 heteroatoms. The van der Waals surface area contributed by atoms with Crippen molar-refractivity contribution in [3.05, 3.63) is 47.2 Å². The smallest absolute Gasteiger partial charge is 0.240 e. The molecule has 2 aromatic rings. The quantitative estimate of drug-likeness (QED) is 0.845. The van der Waals surface area contributed by atoms with Crippen molar-refractivity contribution in [1.29, 1.82) is 0 Å². The summed E-state index contributed by atoms with van der Waals surface area (Å²) in [4.78, 5) is -0.0448. The third-order valence-corrected chi connectivity index (χ3v) is 4.40. The molecule has 0 bridgehead atoms. The first-order valence-corrected chi connectivity index (χ1v) is 7.66. The van der Waals surface area contributed by atoms with Crippen LogP contribution in [0.4, 0.5) is 10.1 Å². The molecule has 112 valence electrons. The van der Waals surface area contributed by atoms with Gasteiger partial charge in [-0.25, -0.2) is 17.5 Å². The SMILES string of the molecule is CNS(=O)(=O)c1ccc(N)c(Oc2cccc(Cl)c2F)c1. The lowest BCUT2D eigenvalue weighted by atomic mass is 10.3. The maximum atomic E-state index is 13.8. The molecule has 0 heterocycles. The second kappa shape index (κ2) is 5.88. The second-order valence-corrected chi connectivity index (χ2v) is 6.35. The molecule has 0 atom stereocenters. The van der Waals surface area contributed by atoms with Crippen LogP contribution in [0.2, 0.25) is 5.02 Å². The van der Waals surface area contributed by atoms with Crippen LogP contribution in [0, 0.1) is 5.82 Å². The third kappa shape index (κ3) is 3.26. The van der Waals surface area contributed by atoms with Gasteiger partial charge in [-0.05, 0) is 31.3 Å². The van der Waals surface area contributed by atoms with Gasteiger partial charge in [0.2, 0.25) is 10.0 Å². The van der Waals surface area contributed by atoms with Crippen LogP contribution < -0.4 is 15.2 Å². The highest BCUT2D eigenvalue weighted by Crippen LogP contribution is 2.33. The van der Waals surface area contributed by atoms with E-state index in [1.165, 1.54) is 43.4 Å². The number of hydrogen-bond donors (Lipinski definition) is 2. The van der Waals surface area contributed by atoms with E-state index in [4.69, 9.17) is 22.1 Å². The van der Waals surface area contributed by atoms with Crippen LogP contribution in [0.1, 0.15) is 0 Å². The van der Waals surface area contributed by atoms with E-state index in [9.17, 15) is 12.8 Å². The van der Waals surface area contributed by atoms with E-state index in [0.29, 0.717) is 0 Å². The van der Waals surface area contributed by atoms with Crippen molar-refractivity contribution < 1.29 is 17.5 Å². The summed E-state index contributed by atoms with van der Waals surface area (Å²) in [5.74, 6) is -0.874. The summed E-state index contributed by atoms with van der Waals surface area (Å²) in [6.07, 6.45) is 0. The molecule has 2 aromatic carbocycles. The van der Waals surface area contributed by atoms with Crippen LogP contribution in [0.3, 0.4) is 0 Å². The molecule has 0 fully saturated rings. The van der Waals surface area contributed by atoms with Crippen molar-refractivity contribution in [3.63, 3.8) is 0 Å². The van der Waals surface area contributed by atoms with Crippen molar-refractivity contribution in [1.82, 2.24) is 4.72 Å². The number of anilines is 1. The van der Waals surface area contributed by atoms with Gasteiger partial charge in [0.15, 0.2) is 17.3 Å². The minimum absolute atomic E-state index is 0.0208. The second-order valence-electron chi connectivity index (χ2n) is 4.06. The van der Waals surface area contributed by atoms with E-state index in [0.717, 1.165) is 0 Å². The fourth-order valence-electron chi connectivity index (χ4n) is 1.57. The lowest BCUT2D eigenvalue weighted by Crippen LogP contribution is -2.18. The van der Waals surface area contributed by atoms with Gasteiger partial charge < -0.3 is 10.5 Å². The maximum absolute atomic E-state index is 13.8. The first-order chi connectivity index (χ1) is 9.85. The largest absolute Gasteiger partial charge is 0.452 e. The molecule has 0 aliphatic rings. The van der Waals surface area contributed by atoms with Crippen LogP contribution in [-0.4, -0.2) is 15.5 Å². The topological polar surface area (TPSA) is 81.4 Å². The molecule has 0 radical (unpaired) electrons. The minimum atomic E-state index is -3.65. The van der Waals surface area contributed by atoms with E-state index in [-0.39, 0.29) is 27.1 Å². The monoisotopic (exact) mass is 330 g/mol. The highest BCUT2D eigenvalue weighted by molar-refractivity contribution is 7.89. The summed E-state index contributed by atoms with van der Waals surface area (Å²) in [5, 5.41) is -0.106. The fraction of sp³-hybridized carbons (Fsp3) is 0.0769. The number of benzene rings is 2. The molecule has 21 heavy (non-hydrogen) atoms. The van der Waals surface area contributed by atoms with E-state index < -0.39 is 15.8 Å². The molecule has 0 saturated carbocycles. The Hall–Kier alpha value is -1.83. The van der Waals surface area contributed by atoms with Gasteiger partial charge in [-0.15, -0.1) is 0 Å². The predicted octanol–water partition coefficient (Wildman–Crippen LogP) is 2.76. The number of ether oxygens (including phenoxy) is 1. The van der Waals surface area contributed by atoms with Crippen LogP contribution in [0.25, 0.3) is 0 Å². The Balaban J connectivity index is 2.45. The highest BCUT2D eigenvalue weighted by atomic mass is 35.5. The summed E-state index contributed by atoms with van der Waals surface area (Å²) in [5.41, 5.74) is 5.89. The Morgan fingerprint density at radius 2 is 1.95 bits per heavy atom. The lowest BCUT2D eigenvalue weighted by Gasteiger charge is -2.11. The number of rotatable bonds is 4. The average molecular weight is 331 g/mol. The van der Waals surface area contributed by atoms with E-state index in [2.05, 4.69) is 4.72 Å². The first kappa shape index (κ1) is 15.6. The Morgan fingerprint density at radius 1 is 1.24 bits per heavy atom. The number of nitrogen functional groups attached to an aromatic ring is 1. The van der Waals surface area contributed by atoms with Gasteiger partial charge in [-0.3, -0.25) is 0 Å². The summed E-state index contributed by atoms with van der Waals surface area (Å²) in [6, 6.07) is 8.13. The van der Waals surface area contributed by atoms with Crippen molar-refractivity contribution in [2.45, 2.75) is 4.90 Å². The Bertz CT molecular complexity index is 781. The molecule has 0 aromatic heterocycles. The molecule has 5 nitrogen and oxygen atoms in total. The van der Waals surface area contributed by atoms with Gasteiger partial charge >= 0.3 is 0 Å². The van der Waals surface area contributed by atoms with Crippen molar-refractivity contribution in [2.75, 3.05) is 12.8 Å². The van der Waals surface area contributed by atoms with Gasteiger partial charge in [0.25, 0.3) is 0 Å². The maximum Gasteiger partial charge on any atom is 0.240 e. The van der Waals surface area contributed by atoms with E-state index >= 15 is 0 Å². The zero-order chi connectivity index (χ0) is 15.6. The van der Waals surface area contributed by atoms with E-state index in [1.54, 1.807) is 0 Å². The van der Waals surface area contributed by atoms with Gasteiger partial charge in [-0.2, -0.15) is 0 Å². The Labute approximate surface area is 126 Å². The molecule has 3 N–H and O–H groups in total. The van der Waals surface area contributed by atoms with Gasteiger partial charge in [-0.1, -0.05) is 17.7 Å². The van der Waals surface area contributed by atoms with Crippen LogP contribution in [-0.2, 0) is 10.0 Å². The molecule has 0 aliphatic carbocycles. The summed E-state index contributed by atoms with van der Waals surface area (Å²) < 4.78 is 44.8. The molecular weight excluding hydrogens is 319 g/mol. The standard InChI is InChI=1S/C13H12ClFN2O3S/c1-17-21(18,19)8-5-6-10(16)12(7-8)20-11-4-2-3-9(14)13(11)15/h2-7,17H,16H2,1H3. The number of nitrogens with two attached hydrogens (primary N) is 1. The fourth-order valence-corrected chi connectivity index (χ4v) is 2.48. The predicted molar refractivity (Wildman–Crippen MR) is 78.6 cm³/mol. The highest BCUT2D eigenvalue weighted by Gasteiger charge is 2.16. The molecule has 0 amide bonds. The van der Waals surface area contributed by atoms with Crippen molar-refractivity contribution in [3.8, 4) is 11.5 Å². The zero-order valence-corrected chi connectivity index (χ0v) is 12.5. The zero-order valence-electron chi connectivity index (χ0n) is 10.9. The van der Waals surface area contributed by atoms with Crippen LogP contribution >= 0.6 is 11.6 Å². The number of halogens is 2. The molecule has 0 aliphatic heterocycles. The van der Waals surface area contributed by atoms with Gasteiger partial charge in [0, 0.05) is 6.07 Å². The summed E-state index contributed by atoms with van der Waals surface area (Å²) in [7, 11) is -2.37. The number of nitrogens with one attached hydrogen (secondary N) is 1. The number of hydrogen-bond acceptors (Lipinski definition) is 4. The normalized spacial score (nSPS) is 11.4. The third-order valence-electron chi connectivity index (χ3n) is 2.70. The van der Waals surface area contributed by atoms with Crippen molar-refractivity contribution in [2.24, 2.45) is 0 Å². The average Bonchev–Trinajstić information content (AvgIpc) is 2.46. The Morgan fingerprint density at radius 3 is 2.62 bits per heavy atom. The van der Waals surface area contributed by atoms with Gasteiger partial charge in [0.1, 0.15) is 0 Å². The van der Waals surface area contributed by atoms with Crippen LogP contribution in [0.5, 0.6) is 11.5 Å². The van der Waals surface area contributed by atoms with Gasteiger partial charge in [0.05, 0.1) is 15.6 Å². The van der Waals surface area contributed by atoms with Crippen molar-refractivity contribution >= 4 is 27.3 Å². The van der Waals surface area contributed by atoms with E-state index in [1.807, 2.05) is 0 Å². The molecule has 0 unspecified atom stereocenters. The molecular formula is C13H12ClFN2O3S. The summed E-state index contributed by atoms with van der Waals surface area (Å²) in [6.45, 7) is 0. The molecule has 0 saturated heterocycles. The Kier molecular flexibility index (Phi) is 4.36. The van der Waals surface area contributed by atoms with Crippen LogP contribution in [0.15, 0.2) is 41.3 Å². The molecule has 2 rings (SSSR count). The molecule has 0 spiro atoms. The summed E-state index contributed by atoms with van der Waals surface area (Å²) >= 11 is 5.65. The first-order valence-electron chi connectivity index (χ1n) is 5.80. The minimum Gasteiger partial charge on any atom is -0.452 e. The lowest BCUT2D eigenvalue weighted by molar-refractivity contribution is 0.443. The number of sulfonamides is 1.